The lowest BCUT2D eigenvalue weighted by atomic mass is 10.1. The van der Waals surface area contributed by atoms with Crippen molar-refractivity contribution >= 4 is 29.0 Å². The van der Waals surface area contributed by atoms with E-state index in [9.17, 15) is 10.1 Å². The molecule has 0 unspecified atom stereocenters. The smallest absolute Gasteiger partial charge is 0.269 e. The fraction of sp³-hybridized carbons (Fsp3) is 0.174. The van der Waals surface area contributed by atoms with Crippen LogP contribution in [0.5, 0.6) is 0 Å². The highest BCUT2D eigenvalue weighted by atomic mass is 16.6. The zero-order chi connectivity index (χ0) is 24.2. The summed E-state index contributed by atoms with van der Waals surface area (Å²) in [5.41, 5.74) is 7.90. The largest absolute Gasteiger partial charge is 0.324 e. The van der Waals surface area contributed by atoms with Crippen molar-refractivity contribution < 1.29 is 4.92 Å². The van der Waals surface area contributed by atoms with E-state index in [1.54, 1.807) is 23.7 Å². The number of nitrogens with one attached hydrogen (secondary N) is 2. The summed E-state index contributed by atoms with van der Waals surface area (Å²) in [6.45, 7) is 7.61. The zero-order valence-corrected chi connectivity index (χ0v) is 19.1. The Kier molecular flexibility index (Phi) is 6.26. The molecule has 2 heterocycles. The standard InChI is InChI=1S/C23H23N9O2/c1-14-5-9-19(10-6-14)24-21-25-22(27-23(26-21)31-16(3)13-15(2)30-31)29-28-17(4)18-7-11-20(12-8-18)32(33)34/h5-13H,1-4H3,(H2,24,25,26,27,29)/b28-17+. The van der Waals surface area contributed by atoms with Gasteiger partial charge in [0.25, 0.3) is 11.6 Å². The third kappa shape index (κ3) is 5.21. The van der Waals surface area contributed by atoms with Gasteiger partial charge in [-0.2, -0.15) is 25.2 Å². The molecule has 2 aromatic heterocycles. The Morgan fingerprint density at radius 1 is 0.971 bits per heavy atom. The van der Waals surface area contributed by atoms with Crippen molar-refractivity contribution in [1.29, 1.82) is 0 Å². The van der Waals surface area contributed by atoms with Crippen LogP contribution in [0.3, 0.4) is 0 Å². The summed E-state index contributed by atoms with van der Waals surface area (Å²) in [6.07, 6.45) is 0. The van der Waals surface area contributed by atoms with E-state index in [2.05, 4.69) is 35.9 Å². The lowest BCUT2D eigenvalue weighted by molar-refractivity contribution is -0.384. The van der Waals surface area contributed by atoms with E-state index in [1.165, 1.54) is 12.1 Å². The van der Waals surface area contributed by atoms with Crippen LogP contribution in [0.4, 0.5) is 23.3 Å². The van der Waals surface area contributed by atoms with Crippen molar-refractivity contribution in [3.05, 3.63) is 87.2 Å². The minimum absolute atomic E-state index is 0.0170. The van der Waals surface area contributed by atoms with Gasteiger partial charge in [-0.3, -0.25) is 10.1 Å². The summed E-state index contributed by atoms with van der Waals surface area (Å²) in [7, 11) is 0. The number of anilines is 3. The molecule has 0 saturated carbocycles. The quantitative estimate of drug-likeness (QED) is 0.236. The number of rotatable bonds is 7. The maximum absolute atomic E-state index is 10.9. The van der Waals surface area contributed by atoms with E-state index in [0.717, 1.165) is 28.2 Å². The van der Waals surface area contributed by atoms with Gasteiger partial charge < -0.3 is 5.32 Å². The number of nitro benzene ring substituents is 1. The number of hydrogen-bond acceptors (Lipinski definition) is 9. The second kappa shape index (κ2) is 9.45. The molecule has 0 aliphatic carbocycles. The molecule has 11 nitrogen and oxygen atoms in total. The van der Waals surface area contributed by atoms with Gasteiger partial charge in [0.15, 0.2) is 0 Å². The van der Waals surface area contributed by atoms with Gasteiger partial charge in [-0.25, -0.2) is 10.1 Å². The van der Waals surface area contributed by atoms with Crippen LogP contribution >= 0.6 is 0 Å². The second-order valence-corrected chi connectivity index (χ2v) is 7.73. The second-order valence-electron chi connectivity index (χ2n) is 7.73. The molecule has 34 heavy (non-hydrogen) atoms. The van der Waals surface area contributed by atoms with Crippen LogP contribution in [0, 0.1) is 30.9 Å². The van der Waals surface area contributed by atoms with Crippen molar-refractivity contribution in [3.8, 4) is 5.95 Å². The van der Waals surface area contributed by atoms with Crippen LogP contribution in [0.15, 0.2) is 59.7 Å². The first-order valence-electron chi connectivity index (χ1n) is 10.5. The van der Waals surface area contributed by atoms with Gasteiger partial charge in [-0.05, 0) is 63.6 Å². The molecule has 4 aromatic rings. The Balaban J connectivity index is 1.65. The first-order chi connectivity index (χ1) is 16.3. The van der Waals surface area contributed by atoms with Crippen molar-refractivity contribution in [1.82, 2.24) is 24.7 Å². The number of nitro groups is 1. The van der Waals surface area contributed by atoms with Crippen LogP contribution in [0.1, 0.15) is 29.4 Å². The Bertz CT molecular complexity index is 1360. The predicted octanol–water partition coefficient (Wildman–Crippen LogP) is 4.47. The highest BCUT2D eigenvalue weighted by Gasteiger charge is 2.12. The summed E-state index contributed by atoms with van der Waals surface area (Å²) in [4.78, 5) is 23.9. The number of hydrazone groups is 1. The number of aromatic nitrogens is 5. The lowest BCUT2D eigenvalue weighted by Gasteiger charge is -2.10. The molecule has 11 heteroatoms. The van der Waals surface area contributed by atoms with Crippen LogP contribution in [-0.4, -0.2) is 35.4 Å². The average Bonchev–Trinajstić information content (AvgIpc) is 3.16. The van der Waals surface area contributed by atoms with E-state index in [4.69, 9.17) is 0 Å². The number of nitrogens with zero attached hydrogens (tertiary/aromatic N) is 7. The molecular formula is C23H23N9O2. The molecule has 172 valence electrons. The van der Waals surface area contributed by atoms with E-state index in [-0.39, 0.29) is 11.6 Å². The molecular weight excluding hydrogens is 434 g/mol. The SMILES string of the molecule is C/C(=N\Nc1nc(Nc2ccc(C)cc2)nc(-n2nc(C)cc2C)n1)c1ccc([N+](=O)[O-])cc1. The molecule has 0 atom stereocenters. The highest BCUT2D eigenvalue weighted by molar-refractivity contribution is 5.99. The van der Waals surface area contributed by atoms with Gasteiger partial charge in [-0.15, -0.1) is 0 Å². The molecule has 0 radical (unpaired) electrons. The molecule has 0 saturated heterocycles. The Morgan fingerprint density at radius 2 is 1.65 bits per heavy atom. The van der Waals surface area contributed by atoms with Gasteiger partial charge >= 0.3 is 0 Å². The maximum atomic E-state index is 10.9. The maximum Gasteiger partial charge on any atom is 0.269 e. The van der Waals surface area contributed by atoms with Gasteiger partial charge in [0.2, 0.25) is 11.9 Å². The highest BCUT2D eigenvalue weighted by Crippen LogP contribution is 2.18. The van der Waals surface area contributed by atoms with Gasteiger partial charge in [-0.1, -0.05) is 17.7 Å². The summed E-state index contributed by atoms with van der Waals surface area (Å²) in [5, 5.41) is 22.9. The van der Waals surface area contributed by atoms with E-state index in [1.807, 2.05) is 51.1 Å². The monoisotopic (exact) mass is 457 g/mol. The van der Waals surface area contributed by atoms with Crippen LogP contribution in [0.2, 0.25) is 0 Å². The van der Waals surface area contributed by atoms with Crippen LogP contribution in [-0.2, 0) is 0 Å². The first-order valence-corrected chi connectivity index (χ1v) is 10.5. The topological polar surface area (TPSA) is 136 Å². The van der Waals surface area contributed by atoms with Crippen LogP contribution < -0.4 is 10.7 Å². The van der Waals surface area contributed by atoms with Crippen molar-refractivity contribution in [2.24, 2.45) is 5.10 Å². The third-order valence-corrected chi connectivity index (χ3v) is 4.95. The van der Waals surface area contributed by atoms with Crippen molar-refractivity contribution in [2.45, 2.75) is 27.7 Å². The molecule has 2 N–H and O–H groups in total. The molecule has 0 amide bonds. The molecule has 0 aliphatic heterocycles. The summed E-state index contributed by atoms with van der Waals surface area (Å²) in [6, 6.07) is 15.9. The summed E-state index contributed by atoms with van der Waals surface area (Å²) < 4.78 is 1.63. The normalized spacial score (nSPS) is 11.4. The van der Waals surface area contributed by atoms with Crippen LogP contribution in [0.25, 0.3) is 5.95 Å². The number of non-ortho nitro benzene ring substituents is 1. The van der Waals surface area contributed by atoms with Gasteiger partial charge in [0.05, 0.1) is 16.3 Å². The van der Waals surface area contributed by atoms with Gasteiger partial charge in [0.1, 0.15) is 0 Å². The Labute approximate surface area is 195 Å². The van der Waals surface area contributed by atoms with E-state index >= 15 is 0 Å². The molecule has 4 rings (SSSR count). The predicted molar refractivity (Wildman–Crippen MR) is 130 cm³/mol. The minimum Gasteiger partial charge on any atom is -0.324 e. The zero-order valence-electron chi connectivity index (χ0n) is 19.1. The molecule has 0 bridgehead atoms. The van der Waals surface area contributed by atoms with E-state index in [0.29, 0.717) is 17.6 Å². The molecule has 2 aromatic carbocycles. The summed E-state index contributed by atoms with van der Waals surface area (Å²) >= 11 is 0. The number of benzene rings is 2. The van der Waals surface area contributed by atoms with Crippen molar-refractivity contribution in [3.63, 3.8) is 0 Å². The fourth-order valence-corrected chi connectivity index (χ4v) is 3.19. The van der Waals surface area contributed by atoms with E-state index < -0.39 is 4.92 Å². The molecule has 0 fully saturated rings. The van der Waals surface area contributed by atoms with Crippen molar-refractivity contribution in [2.75, 3.05) is 10.7 Å². The molecule has 0 spiro atoms. The third-order valence-electron chi connectivity index (χ3n) is 4.95. The number of aryl methyl sites for hydroxylation is 3. The lowest BCUT2D eigenvalue weighted by Crippen LogP contribution is -2.12. The first kappa shape index (κ1) is 22.5. The fourth-order valence-electron chi connectivity index (χ4n) is 3.19. The average molecular weight is 457 g/mol. The Morgan fingerprint density at radius 3 is 2.26 bits per heavy atom. The minimum atomic E-state index is -0.442. The van der Waals surface area contributed by atoms with Gasteiger partial charge in [0, 0.05) is 23.5 Å². The Hall–Kier alpha value is -4.67. The molecule has 0 aliphatic rings. The summed E-state index contributed by atoms with van der Waals surface area (Å²) in [5.74, 6) is 0.876. The number of hydrogen-bond donors (Lipinski definition) is 2.